The Morgan fingerprint density at radius 1 is 0.867 bits per heavy atom. The van der Waals surface area contributed by atoms with Gasteiger partial charge in [-0.05, 0) is 6.42 Å². The number of unbranched alkanes of at least 4 members (excludes halogenated alkanes) is 5. The summed E-state index contributed by atoms with van der Waals surface area (Å²) in [5, 5.41) is 27.0. The van der Waals surface area contributed by atoms with Crippen molar-refractivity contribution in [1.29, 1.82) is 0 Å². The summed E-state index contributed by atoms with van der Waals surface area (Å²) >= 11 is 6.10. The van der Waals surface area contributed by atoms with E-state index in [1.54, 1.807) is 0 Å². The van der Waals surface area contributed by atoms with Gasteiger partial charge in [0.25, 0.3) is 0 Å². The van der Waals surface area contributed by atoms with Crippen LogP contribution in [0.25, 0.3) is 0 Å². The smallest absolute Gasteiger partial charge is 0.302 e. The quantitative estimate of drug-likeness (QED) is 0.359. The Morgan fingerprint density at radius 2 is 1.33 bits per heavy atom. The van der Waals surface area contributed by atoms with E-state index in [0.717, 1.165) is 19.3 Å². The molecule has 0 saturated heterocycles. The lowest BCUT2D eigenvalue weighted by Gasteiger charge is -2.29. The van der Waals surface area contributed by atoms with Crippen molar-refractivity contribution >= 4 is 31.9 Å². The molecule has 0 aliphatic carbocycles. The molecule has 0 amide bonds. The van der Waals surface area contributed by atoms with Crippen LogP contribution in [0.3, 0.4) is 0 Å². The number of aliphatic hydroxyl groups is 3. The van der Waals surface area contributed by atoms with Gasteiger partial charge in [-0.2, -0.15) is 0 Å². The van der Waals surface area contributed by atoms with Crippen LogP contribution < -0.4 is 0 Å². The van der Waals surface area contributed by atoms with E-state index in [1.807, 2.05) is 0 Å². The molecule has 0 heterocycles. The largest absolute Gasteiger partial charge is 0.342 e. The van der Waals surface area contributed by atoms with E-state index in [4.69, 9.17) is 15.3 Å². The number of rotatable bonds is 8. The summed E-state index contributed by atoms with van der Waals surface area (Å²) in [7, 11) is 0. The van der Waals surface area contributed by atoms with Crippen molar-refractivity contribution in [2.45, 2.75) is 61.1 Å². The summed E-state index contributed by atoms with van der Waals surface area (Å²) in [4.78, 5) is 0. The first-order chi connectivity index (χ1) is 6.81. The molecule has 0 radical (unpaired) electrons. The monoisotopic (exact) mass is 346 g/mol. The van der Waals surface area contributed by atoms with Gasteiger partial charge in [0.2, 0.25) is 0 Å². The summed E-state index contributed by atoms with van der Waals surface area (Å²) < 4.78 is -1.22. The van der Waals surface area contributed by atoms with E-state index >= 15 is 0 Å². The van der Waals surface area contributed by atoms with Gasteiger partial charge in [-0.25, -0.2) is 0 Å². The number of hydrogen-bond acceptors (Lipinski definition) is 3. The lowest BCUT2D eigenvalue weighted by Crippen LogP contribution is -2.45. The van der Waals surface area contributed by atoms with E-state index in [1.165, 1.54) is 19.3 Å². The van der Waals surface area contributed by atoms with Gasteiger partial charge in [0.1, 0.15) is 0 Å². The highest BCUT2D eigenvalue weighted by Crippen LogP contribution is 2.39. The maximum absolute atomic E-state index is 9.00. The highest BCUT2D eigenvalue weighted by Gasteiger charge is 2.44. The van der Waals surface area contributed by atoms with Crippen LogP contribution in [-0.4, -0.2) is 24.5 Å². The Labute approximate surface area is 108 Å². The molecular weight excluding hydrogens is 328 g/mol. The SMILES string of the molecule is CCCCCCCCC(Br)(Br)C(O)(O)O. The highest BCUT2D eigenvalue weighted by atomic mass is 79.9. The number of alkyl halides is 2. The predicted octanol–water partition coefficient (Wildman–Crippen LogP) is 2.85. The van der Waals surface area contributed by atoms with Crippen LogP contribution in [0.2, 0.25) is 0 Å². The molecule has 0 spiro atoms. The second-order valence-corrected chi connectivity index (χ2v) is 7.63. The maximum atomic E-state index is 9.00. The van der Waals surface area contributed by atoms with Crippen molar-refractivity contribution in [2.24, 2.45) is 0 Å². The molecule has 5 heteroatoms. The van der Waals surface area contributed by atoms with Gasteiger partial charge in [0.05, 0.1) is 0 Å². The first kappa shape index (κ1) is 15.8. The van der Waals surface area contributed by atoms with Crippen molar-refractivity contribution in [2.75, 3.05) is 0 Å². The second kappa shape index (κ2) is 7.22. The van der Waals surface area contributed by atoms with E-state index in [9.17, 15) is 0 Å². The Morgan fingerprint density at radius 3 is 1.80 bits per heavy atom. The van der Waals surface area contributed by atoms with E-state index in [-0.39, 0.29) is 0 Å². The van der Waals surface area contributed by atoms with E-state index in [0.29, 0.717) is 6.42 Å². The van der Waals surface area contributed by atoms with Crippen LogP contribution in [-0.2, 0) is 0 Å². The Bertz CT molecular complexity index is 167. The fourth-order valence-corrected chi connectivity index (χ4v) is 1.86. The van der Waals surface area contributed by atoms with E-state index < -0.39 is 9.21 Å². The van der Waals surface area contributed by atoms with Gasteiger partial charge in [-0.3, -0.25) is 0 Å². The molecule has 3 nitrogen and oxygen atoms in total. The molecule has 0 rings (SSSR count). The van der Waals surface area contributed by atoms with Crippen molar-refractivity contribution in [1.82, 2.24) is 0 Å². The normalized spacial score (nSPS) is 13.2. The molecule has 0 atom stereocenters. The molecular formula is C10H20Br2O3. The summed E-state index contributed by atoms with van der Waals surface area (Å²) in [6, 6.07) is 0. The van der Waals surface area contributed by atoms with Crippen molar-refractivity contribution in [3.63, 3.8) is 0 Å². The molecule has 0 aliphatic heterocycles. The van der Waals surface area contributed by atoms with Gasteiger partial charge in [-0.15, -0.1) is 0 Å². The first-order valence-electron chi connectivity index (χ1n) is 5.36. The highest BCUT2D eigenvalue weighted by molar-refractivity contribution is 9.25. The summed E-state index contributed by atoms with van der Waals surface area (Å²) in [5.74, 6) is -2.73. The van der Waals surface area contributed by atoms with Gasteiger partial charge >= 0.3 is 5.97 Å². The fraction of sp³-hybridized carbons (Fsp3) is 1.00. The Balaban J connectivity index is 3.58. The molecule has 0 bridgehead atoms. The minimum absolute atomic E-state index is 0.461. The summed E-state index contributed by atoms with van der Waals surface area (Å²) in [6.07, 6.45) is 7.17. The lowest BCUT2D eigenvalue weighted by molar-refractivity contribution is -0.314. The zero-order valence-corrected chi connectivity index (χ0v) is 12.2. The first-order valence-corrected chi connectivity index (χ1v) is 6.95. The molecule has 0 saturated carbocycles. The molecule has 0 aromatic rings. The summed E-state index contributed by atoms with van der Waals surface area (Å²) in [6.45, 7) is 2.17. The Kier molecular flexibility index (Phi) is 7.63. The topological polar surface area (TPSA) is 60.7 Å². The number of hydrogen-bond donors (Lipinski definition) is 3. The van der Waals surface area contributed by atoms with Gasteiger partial charge in [0.15, 0.2) is 3.23 Å². The lowest BCUT2D eigenvalue weighted by atomic mass is 10.1. The van der Waals surface area contributed by atoms with E-state index in [2.05, 4.69) is 38.8 Å². The van der Waals surface area contributed by atoms with Crippen LogP contribution in [0.4, 0.5) is 0 Å². The standard InChI is InChI=1S/C10H20Br2O3/c1-2-3-4-5-6-7-8-9(11,12)10(13,14)15/h13-15H,2-8H2,1H3. The minimum atomic E-state index is -2.73. The van der Waals surface area contributed by atoms with Gasteiger partial charge < -0.3 is 15.3 Å². The van der Waals surface area contributed by atoms with Crippen LogP contribution in [0.5, 0.6) is 0 Å². The molecule has 92 valence electrons. The van der Waals surface area contributed by atoms with Crippen molar-refractivity contribution < 1.29 is 15.3 Å². The third-order valence-corrected chi connectivity index (χ3v) is 4.19. The molecule has 0 aliphatic rings. The maximum Gasteiger partial charge on any atom is 0.302 e. The molecule has 0 aromatic heterocycles. The van der Waals surface area contributed by atoms with Crippen molar-refractivity contribution in [3.05, 3.63) is 0 Å². The van der Waals surface area contributed by atoms with Crippen molar-refractivity contribution in [3.8, 4) is 0 Å². The molecule has 0 unspecified atom stereocenters. The fourth-order valence-electron chi connectivity index (χ4n) is 1.30. The zero-order chi connectivity index (χ0) is 11.9. The van der Waals surface area contributed by atoms with Crippen LogP contribution in [0, 0.1) is 0 Å². The average molecular weight is 348 g/mol. The third-order valence-electron chi connectivity index (χ3n) is 2.34. The molecule has 3 N–H and O–H groups in total. The predicted molar refractivity (Wildman–Crippen MR) is 68.0 cm³/mol. The summed E-state index contributed by atoms with van der Waals surface area (Å²) in [5.41, 5.74) is 0. The minimum Gasteiger partial charge on any atom is -0.342 e. The molecule has 15 heavy (non-hydrogen) atoms. The zero-order valence-electron chi connectivity index (χ0n) is 9.05. The van der Waals surface area contributed by atoms with Crippen LogP contribution >= 0.6 is 31.9 Å². The third kappa shape index (κ3) is 6.89. The Hall–Kier alpha value is 0.840. The molecule has 0 fully saturated rings. The van der Waals surface area contributed by atoms with Gasteiger partial charge in [0, 0.05) is 0 Å². The number of halogens is 2. The molecule has 0 aromatic carbocycles. The van der Waals surface area contributed by atoms with Gasteiger partial charge in [-0.1, -0.05) is 77.3 Å². The average Bonchev–Trinajstić information content (AvgIpc) is 2.09. The second-order valence-electron chi connectivity index (χ2n) is 3.86. The van der Waals surface area contributed by atoms with Crippen LogP contribution in [0.1, 0.15) is 51.9 Å². The van der Waals surface area contributed by atoms with Crippen LogP contribution in [0.15, 0.2) is 0 Å².